The molecule has 2 aromatic rings. The van der Waals surface area contributed by atoms with Gasteiger partial charge in [-0.3, -0.25) is 9.66 Å². The minimum absolute atomic E-state index is 0.303. The Bertz CT molecular complexity index is 872. The second-order valence-electron chi connectivity index (χ2n) is 6.42. The van der Waals surface area contributed by atoms with E-state index < -0.39 is 7.60 Å². The number of aromatic nitrogens is 4. The SMILES string of the molecule is CCOP(=O)(CC1=CC(Cn2cnc3c(N)[nH]nc32)=CCC1C)OCC. The van der Waals surface area contributed by atoms with Crippen molar-refractivity contribution in [2.45, 2.75) is 33.7 Å². The molecule has 1 aliphatic rings. The maximum atomic E-state index is 12.9. The lowest BCUT2D eigenvalue weighted by Crippen LogP contribution is -2.12. The molecule has 0 saturated heterocycles. The van der Waals surface area contributed by atoms with Crippen molar-refractivity contribution in [3.63, 3.8) is 0 Å². The highest BCUT2D eigenvalue weighted by molar-refractivity contribution is 7.54. The molecule has 3 N–H and O–H groups in total. The molecule has 0 saturated carbocycles. The Hall–Kier alpha value is -1.89. The van der Waals surface area contributed by atoms with Gasteiger partial charge in [-0.05, 0) is 31.8 Å². The van der Waals surface area contributed by atoms with Gasteiger partial charge in [-0.2, -0.15) is 5.10 Å². The fraction of sp³-hybridized carbons (Fsp3) is 0.529. The zero-order valence-electron chi connectivity index (χ0n) is 15.4. The monoisotopic (exact) mass is 379 g/mol. The number of anilines is 1. The topological polar surface area (TPSA) is 108 Å². The molecule has 1 aliphatic carbocycles. The maximum Gasteiger partial charge on any atom is 0.334 e. The second-order valence-corrected chi connectivity index (χ2v) is 8.48. The van der Waals surface area contributed by atoms with E-state index in [1.165, 1.54) is 0 Å². The van der Waals surface area contributed by atoms with E-state index in [0.29, 0.717) is 43.2 Å². The van der Waals surface area contributed by atoms with Gasteiger partial charge in [-0.25, -0.2) is 4.98 Å². The maximum absolute atomic E-state index is 12.9. The first-order chi connectivity index (χ1) is 12.5. The van der Waals surface area contributed by atoms with Crippen LogP contribution in [0.2, 0.25) is 0 Å². The predicted molar refractivity (Wildman–Crippen MR) is 102 cm³/mol. The van der Waals surface area contributed by atoms with Gasteiger partial charge in [0.15, 0.2) is 11.2 Å². The van der Waals surface area contributed by atoms with Gasteiger partial charge in [-0.1, -0.05) is 24.6 Å². The minimum Gasteiger partial charge on any atom is -0.382 e. The number of hydrogen-bond donors (Lipinski definition) is 2. The van der Waals surface area contributed by atoms with Crippen molar-refractivity contribution in [3.8, 4) is 0 Å². The van der Waals surface area contributed by atoms with E-state index in [1.807, 2.05) is 18.4 Å². The summed E-state index contributed by atoms with van der Waals surface area (Å²) in [5, 5.41) is 6.95. The number of fused-ring (bicyclic) bond motifs is 1. The molecule has 1 atom stereocenters. The lowest BCUT2D eigenvalue weighted by atomic mass is 9.91. The third kappa shape index (κ3) is 3.92. The summed E-state index contributed by atoms with van der Waals surface area (Å²) in [6.07, 6.45) is 7.24. The van der Waals surface area contributed by atoms with E-state index >= 15 is 0 Å². The first-order valence-electron chi connectivity index (χ1n) is 8.88. The molecule has 8 nitrogen and oxygen atoms in total. The number of allylic oxidation sites excluding steroid dienone is 4. The summed E-state index contributed by atoms with van der Waals surface area (Å²) in [5.74, 6) is 0.771. The Balaban J connectivity index is 1.80. The number of aromatic amines is 1. The third-order valence-electron chi connectivity index (χ3n) is 4.47. The molecule has 142 valence electrons. The van der Waals surface area contributed by atoms with Crippen molar-refractivity contribution in [2.75, 3.05) is 25.1 Å². The van der Waals surface area contributed by atoms with Crippen molar-refractivity contribution in [3.05, 3.63) is 29.6 Å². The van der Waals surface area contributed by atoms with Crippen molar-refractivity contribution < 1.29 is 13.6 Å². The summed E-state index contributed by atoms with van der Waals surface area (Å²) in [4.78, 5) is 4.30. The fourth-order valence-corrected chi connectivity index (χ4v) is 5.03. The van der Waals surface area contributed by atoms with Crippen molar-refractivity contribution in [1.82, 2.24) is 19.7 Å². The summed E-state index contributed by atoms with van der Waals surface area (Å²) in [7, 11) is -3.11. The largest absolute Gasteiger partial charge is 0.382 e. The zero-order chi connectivity index (χ0) is 18.7. The highest BCUT2D eigenvalue weighted by Crippen LogP contribution is 2.51. The van der Waals surface area contributed by atoms with E-state index in [0.717, 1.165) is 23.2 Å². The van der Waals surface area contributed by atoms with Crippen molar-refractivity contribution >= 4 is 24.6 Å². The quantitative estimate of drug-likeness (QED) is 0.680. The number of hydrogen-bond acceptors (Lipinski definition) is 6. The molecule has 1 unspecified atom stereocenters. The van der Waals surface area contributed by atoms with Gasteiger partial charge in [-0.15, -0.1) is 0 Å². The van der Waals surface area contributed by atoms with Crippen LogP contribution >= 0.6 is 7.60 Å². The Labute approximate surface area is 153 Å². The van der Waals surface area contributed by atoms with E-state index in [4.69, 9.17) is 14.8 Å². The molecule has 2 aromatic heterocycles. The fourth-order valence-electron chi connectivity index (χ4n) is 3.14. The second kappa shape index (κ2) is 7.78. The first kappa shape index (κ1) is 18.9. The number of nitrogens with one attached hydrogen (secondary N) is 1. The summed E-state index contributed by atoms with van der Waals surface area (Å²) in [6.45, 7) is 7.16. The molecule has 26 heavy (non-hydrogen) atoms. The van der Waals surface area contributed by atoms with Crippen LogP contribution in [0, 0.1) is 5.92 Å². The molecule has 0 aromatic carbocycles. The molecule has 0 bridgehead atoms. The molecule has 9 heteroatoms. The van der Waals surface area contributed by atoms with Gasteiger partial charge in [0.1, 0.15) is 5.82 Å². The van der Waals surface area contributed by atoms with Gasteiger partial charge in [0.25, 0.3) is 0 Å². The summed E-state index contributed by atoms with van der Waals surface area (Å²) in [5.41, 5.74) is 9.43. The molecule has 0 aliphatic heterocycles. The Kier molecular flexibility index (Phi) is 5.65. The van der Waals surface area contributed by atoms with Gasteiger partial charge in [0.2, 0.25) is 0 Å². The minimum atomic E-state index is -3.11. The van der Waals surface area contributed by atoms with Crippen LogP contribution in [0.4, 0.5) is 5.82 Å². The highest BCUT2D eigenvalue weighted by Gasteiger charge is 2.28. The summed E-state index contributed by atoms with van der Waals surface area (Å²) < 4.78 is 25.7. The van der Waals surface area contributed by atoms with Crippen LogP contribution < -0.4 is 5.73 Å². The van der Waals surface area contributed by atoms with Gasteiger partial charge < -0.3 is 19.3 Å². The zero-order valence-corrected chi connectivity index (χ0v) is 16.3. The Morgan fingerprint density at radius 3 is 2.81 bits per heavy atom. The van der Waals surface area contributed by atoms with E-state index in [9.17, 15) is 4.57 Å². The van der Waals surface area contributed by atoms with Gasteiger partial charge in [0.05, 0.1) is 32.2 Å². The van der Waals surface area contributed by atoms with Crippen LogP contribution in [0.15, 0.2) is 29.6 Å². The molecule has 0 radical (unpaired) electrons. The molecular formula is C17H26N5O3P. The number of nitrogens with two attached hydrogens (primary N) is 1. The average Bonchev–Trinajstić information content (AvgIpc) is 3.15. The number of rotatable bonds is 8. The molecule has 3 rings (SSSR count). The smallest absolute Gasteiger partial charge is 0.334 e. The standard InChI is InChI=1S/C17H26N5O3P/c1-4-24-26(23,25-5-2)10-14-8-13(7-6-12(14)3)9-22-11-19-15-16(18)20-21-17(15)22/h7-8,11-12H,4-6,9-10H2,1-3H3,(H3,18,20,21). The summed E-state index contributed by atoms with van der Waals surface area (Å²) in [6, 6.07) is 0. The number of imidazole rings is 1. The van der Waals surface area contributed by atoms with E-state index in [2.05, 4.69) is 34.3 Å². The predicted octanol–water partition coefficient (Wildman–Crippen LogP) is 3.50. The van der Waals surface area contributed by atoms with Crippen LogP contribution in [-0.2, 0) is 20.2 Å². The van der Waals surface area contributed by atoms with Crippen LogP contribution in [0.5, 0.6) is 0 Å². The number of H-pyrrole nitrogens is 1. The van der Waals surface area contributed by atoms with E-state index in [1.54, 1.807) is 6.33 Å². The van der Waals surface area contributed by atoms with Crippen LogP contribution in [-0.4, -0.2) is 39.1 Å². The lowest BCUT2D eigenvalue weighted by Gasteiger charge is -2.24. The third-order valence-corrected chi connectivity index (χ3v) is 6.52. The number of nitrogen functional groups attached to an aromatic ring is 1. The van der Waals surface area contributed by atoms with Crippen LogP contribution in [0.1, 0.15) is 27.2 Å². The van der Waals surface area contributed by atoms with Gasteiger partial charge >= 0.3 is 7.60 Å². The Morgan fingerprint density at radius 1 is 1.38 bits per heavy atom. The van der Waals surface area contributed by atoms with Crippen molar-refractivity contribution in [2.24, 2.45) is 5.92 Å². The van der Waals surface area contributed by atoms with E-state index in [-0.39, 0.29) is 0 Å². The molecule has 0 spiro atoms. The normalized spacial score (nSPS) is 18.2. The summed E-state index contributed by atoms with van der Waals surface area (Å²) >= 11 is 0. The first-order valence-corrected chi connectivity index (χ1v) is 10.6. The van der Waals surface area contributed by atoms with Crippen LogP contribution in [0.25, 0.3) is 11.2 Å². The number of nitrogens with zero attached hydrogens (tertiary/aromatic N) is 3. The van der Waals surface area contributed by atoms with Crippen molar-refractivity contribution in [1.29, 1.82) is 0 Å². The molecular weight excluding hydrogens is 353 g/mol. The van der Waals surface area contributed by atoms with Crippen LogP contribution in [0.3, 0.4) is 0 Å². The molecule has 0 fully saturated rings. The Morgan fingerprint density at radius 2 is 2.12 bits per heavy atom. The molecule has 2 heterocycles. The van der Waals surface area contributed by atoms with Gasteiger partial charge in [0, 0.05) is 0 Å². The average molecular weight is 379 g/mol. The highest BCUT2D eigenvalue weighted by atomic mass is 31.2. The molecule has 0 amide bonds. The lowest BCUT2D eigenvalue weighted by molar-refractivity contribution is 0.221.